The SMILES string of the molecule is O=C(Nc1ccccc1)N1CCNCC12CCCCC2. The first-order valence-electron chi connectivity index (χ1n) is 7.65. The molecule has 1 spiro atoms. The second-order valence-electron chi connectivity index (χ2n) is 5.91. The van der Waals surface area contributed by atoms with Crippen molar-refractivity contribution in [2.24, 2.45) is 0 Å². The summed E-state index contributed by atoms with van der Waals surface area (Å²) in [5.74, 6) is 0. The molecule has 20 heavy (non-hydrogen) atoms. The molecule has 1 saturated carbocycles. The summed E-state index contributed by atoms with van der Waals surface area (Å²) in [4.78, 5) is 14.7. The Morgan fingerprint density at radius 3 is 2.65 bits per heavy atom. The predicted molar refractivity (Wildman–Crippen MR) is 80.9 cm³/mol. The molecule has 2 aliphatic rings. The molecule has 3 rings (SSSR count). The third-order valence-corrected chi connectivity index (χ3v) is 4.59. The fraction of sp³-hybridized carbons (Fsp3) is 0.562. The number of anilines is 1. The Morgan fingerprint density at radius 1 is 1.15 bits per heavy atom. The van der Waals surface area contributed by atoms with Crippen molar-refractivity contribution in [1.29, 1.82) is 0 Å². The van der Waals surface area contributed by atoms with E-state index in [-0.39, 0.29) is 11.6 Å². The van der Waals surface area contributed by atoms with E-state index in [2.05, 4.69) is 15.5 Å². The summed E-state index contributed by atoms with van der Waals surface area (Å²) in [5, 5.41) is 6.51. The summed E-state index contributed by atoms with van der Waals surface area (Å²) in [6.45, 7) is 2.64. The van der Waals surface area contributed by atoms with Gasteiger partial charge in [0.15, 0.2) is 0 Å². The van der Waals surface area contributed by atoms with Gasteiger partial charge >= 0.3 is 6.03 Å². The van der Waals surface area contributed by atoms with Crippen LogP contribution in [0.15, 0.2) is 30.3 Å². The molecule has 4 nitrogen and oxygen atoms in total. The number of piperazine rings is 1. The molecule has 0 atom stereocenters. The lowest BCUT2D eigenvalue weighted by molar-refractivity contribution is 0.0634. The van der Waals surface area contributed by atoms with E-state index >= 15 is 0 Å². The van der Waals surface area contributed by atoms with Crippen LogP contribution in [-0.2, 0) is 0 Å². The second kappa shape index (κ2) is 5.83. The van der Waals surface area contributed by atoms with Crippen molar-refractivity contribution in [3.63, 3.8) is 0 Å². The number of rotatable bonds is 1. The van der Waals surface area contributed by atoms with E-state index in [0.29, 0.717) is 0 Å². The molecule has 2 fully saturated rings. The molecule has 1 aromatic carbocycles. The van der Waals surface area contributed by atoms with Crippen LogP contribution in [0.25, 0.3) is 0 Å². The molecule has 1 heterocycles. The number of hydrogen-bond acceptors (Lipinski definition) is 2. The van der Waals surface area contributed by atoms with Crippen LogP contribution < -0.4 is 10.6 Å². The van der Waals surface area contributed by atoms with E-state index in [1.54, 1.807) is 0 Å². The predicted octanol–water partition coefficient (Wildman–Crippen LogP) is 2.83. The maximum atomic E-state index is 12.6. The molecular weight excluding hydrogens is 250 g/mol. The fourth-order valence-corrected chi connectivity index (χ4v) is 3.53. The molecule has 0 aromatic heterocycles. The summed E-state index contributed by atoms with van der Waals surface area (Å²) >= 11 is 0. The van der Waals surface area contributed by atoms with Crippen LogP contribution >= 0.6 is 0 Å². The van der Waals surface area contributed by atoms with Crippen LogP contribution in [0.3, 0.4) is 0 Å². The Labute approximate surface area is 120 Å². The number of carbonyl (C=O) groups is 1. The van der Waals surface area contributed by atoms with Gasteiger partial charge in [0.1, 0.15) is 0 Å². The number of amides is 2. The summed E-state index contributed by atoms with van der Waals surface area (Å²) in [6.07, 6.45) is 6.02. The molecule has 1 saturated heterocycles. The van der Waals surface area contributed by atoms with Gasteiger partial charge in [-0.3, -0.25) is 0 Å². The highest BCUT2D eigenvalue weighted by Gasteiger charge is 2.42. The van der Waals surface area contributed by atoms with Gasteiger partial charge in [0.05, 0.1) is 5.54 Å². The van der Waals surface area contributed by atoms with Gasteiger partial charge in [0.25, 0.3) is 0 Å². The van der Waals surface area contributed by atoms with Crippen LogP contribution in [0, 0.1) is 0 Å². The van der Waals surface area contributed by atoms with Crippen LogP contribution in [-0.4, -0.2) is 36.1 Å². The molecular formula is C16H23N3O. The van der Waals surface area contributed by atoms with Gasteiger partial charge in [-0.25, -0.2) is 4.79 Å². The van der Waals surface area contributed by atoms with Gasteiger partial charge in [-0.05, 0) is 25.0 Å². The van der Waals surface area contributed by atoms with E-state index in [1.165, 1.54) is 19.3 Å². The minimum Gasteiger partial charge on any atom is -0.316 e. The average molecular weight is 273 g/mol. The Morgan fingerprint density at radius 2 is 1.90 bits per heavy atom. The van der Waals surface area contributed by atoms with E-state index in [1.807, 2.05) is 30.3 Å². The summed E-state index contributed by atoms with van der Waals surface area (Å²) in [7, 11) is 0. The van der Waals surface area contributed by atoms with Gasteiger partial charge in [-0.2, -0.15) is 0 Å². The zero-order valence-corrected chi connectivity index (χ0v) is 11.9. The number of carbonyl (C=O) groups excluding carboxylic acids is 1. The molecule has 0 bridgehead atoms. The maximum Gasteiger partial charge on any atom is 0.322 e. The van der Waals surface area contributed by atoms with E-state index in [4.69, 9.17) is 0 Å². The quantitative estimate of drug-likeness (QED) is 0.826. The van der Waals surface area contributed by atoms with Crippen molar-refractivity contribution < 1.29 is 4.79 Å². The minimum atomic E-state index is 0.0371. The number of benzene rings is 1. The smallest absolute Gasteiger partial charge is 0.316 e. The molecule has 2 amide bonds. The molecule has 108 valence electrons. The van der Waals surface area contributed by atoms with E-state index in [0.717, 1.165) is 38.2 Å². The number of para-hydroxylation sites is 1. The summed E-state index contributed by atoms with van der Waals surface area (Å²) in [5.41, 5.74) is 0.914. The fourth-order valence-electron chi connectivity index (χ4n) is 3.53. The van der Waals surface area contributed by atoms with Crippen molar-refractivity contribution >= 4 is 11.7 Å². The Balaban J connectivity index is 1.74. The van der Waals surface area contributed by atoms with Crippen molar-refractivity contribution in [3.05, 3.63) is 30.3 Å². The first kappa shape index (κ1) is 13.4. The number of hydrogen-bond donors (Lipinski definition) is 2. The molecule has 4 heteroatoms. The van der Waals surface area contributed by atoms with Crippen LogP contribution in [0.5, 0.6) is 0 Å². The van der Waals surface area contributed by atoms with Gasteiger partial charge in [-0.1, -0.05) is 37.5 Å². The lowest BCUT2D eigenvalue weighted by Crippen LogP contribution is -2.64. The summed E-state index contributed by atoms with van der Waals surface area (Å²) in [6, 6.07) is 9.79. The molecule has 1 aliphatic heterocycles. The molecule has 0 radical (unpaired) electrons. The van der Waals surface area contributed by atoms with Crippen molar-refractivity contribution in [2.75, 3.05) is 25.0 Å². The largest absolute Gasteiger partial charge is 0.322 e. The standard InChI is InChI=1S/C16H23N3O/c20-15(18-14-7-3-1-4-8-14)19-12-11-17-13-16(19)9-5-2-6-10-16/h1,3-4,7-8,17H,2,5-6,9-13H2,(H,18,20). The van der Waals surface area contributed by atoms with Crippen molar-refractivity contribution in [3.8, 4) is 0 Å². The summed E-state index contributed by atoms with van der Waals surface area (Å²) < 4.78 is 0. The Hall–Kier alpha value is -1.55. The van der Waals surface area contributed by atoms with Crippen molar-refractivity contribution in [2.45, 2.75) is 37.6 Å². The van der Waals surface area contributed by atoms with Gasteiger partial charge in [0.2, 0.25) is 0 Å². The Kier molecular flexibility index (Phi) is 3.92. The first-order chi connectivity index (χ1) is 9.80. The zero-order chi connectivity index (χ0) is 13.8. The number of urea groups is 1. The highest BCUT2D eigenvalue weighted by atomic mass is 16.2. The Bertz CT molecular complexity index is 446. The van der Waals surface area contributed by atoms with Crippen molar-refractivity contribution in [1.82, 2.24) is 10.2 Å². The van der Waals surface area contributed by atoms with Crippen LogP contribution in [0.2, 0.25) is 0 Å². The molecule has 2 N–H and O–H groups in total. The molecule has 0 unspecified atom stereocenters. The first-order valence-corrected chi connectivity index (χ1v) is 7.65. The third-order valence-electron chi connectivity index (χ3n) is 4.59. The van der Waals surface area contributed by atoms with E-state index in [9.17, 15) is 4.79 Å². The highest BCUT2D eigenvalue weighted by molar-refractivity contribution is 5.90. The lowest BCUT2D eigenvalue weighted by atomic mass is 9.79. The highest BCUT2D eigenvalue weighted by Crippen LogP contribution is 2.34. The van der Waals surface area contributed by atoms with E-state index < -0.39 is 0 Å². The average Bonchev–Trinajstić information content (AvgIpc) is 2.49. The number of nitrogens with zero attached hydrogens (tertiary/aromatic N) is 1. The van der Waals surface area contributed by atoms with Crippen LogP contribution in [0.1, 0.15) is 32.1 Å². The zero-order valence-electron chi connectivity index (χ0n) is 11.9. The topological polar surface area (TPSA) is 44.4 Å². The minimum absolute atomic E-state index is 0.0371. The maximum absolute atomic E-state index is 12.6. The molecule has 1 aromatic rings. The normalized spacial score (nSPS) is 21.7. The van der Waals surface area contributed by atoms with Gasteiger partial charge in [-0.15, -0.1) is 0 Å². The van der Waals surface area contributed by atoms with Crippen LogP contribution in [0.4, 0.5) is 10.5 Å². The lowest BCUT2D eigenvalue weighted by Gasteiger charge is -2.49. The monoisotopic (exact) mass is 273 g/mol. The van der Waals surface area contributed by atoms with Gasteiger partial charge < -0.3 is 15.5 Å². The number of nitrogens with one attached hydrogen (secondary N) is 2. The van der Waals surface area contributed by atoms with Gasteiger partial charge in [0, 0.05) is 25.3 Å². The second-order valence-corrected chi connectivity index (χ2v) is 5.91. The third kappa shape index (κ3) is 2.66. The molecule has 1 aliphatic carbocycles.